The van der Waals surface area contributed by atoms with Gasteiger partial charge >= 0.3 is 0 Å². The summed E-state index contributed by atoms with van der Waals surface area (Å²) in [5.41, 5.74) is 3.08. The molecule has 2 heterocycles. The number of pyridine rings is 1. The van der Waals surface area contributed by atoms with Crippen LogP contribution in [0, 0.1) is 0 Å². The van der Waals surface area contributed by atoms with Gasteiger partial charge in [0.05, 0.1) is 17.8 Å². The number of halogens is 1. The summed E-state index contributed by atoms with van der Waals surface area (Å²) in [6.07, 6.45) is 6.72. The molecule has 6 nitrogen and oxygen atoms in total. The number of aromatic nitrogens is 3. The molecule has 0 saturated carbocycles. The Balaban J connectivity index is 1.55. The Labute approximate surface area is 194 Å². The van der Waals surface area contributed by atoms with Gasteiger partial charge in [0.25, 0.3) is 0 Å². The third-order valence-electron chi connectivity index (χ3n) is 5.04. The molecular weight excluding hydrogens is 470 g/mol. The summed E-state index contributed by atoms with van der Waals surface area (Å²) in [5, 5.41) is 5.22. The molecular formula is C25H22BrN3O3. The highest BCUT2D eigenvalue weighted by Crippen LogP contribution is 2.27. The molecule has 0 atom stereocenters. The van der Waals surface area contributed by atoms with E-state index < -0.39 is 0 Å². The van der Waals surface area contributed by atoms with Crippen LogP contribution in [0.3, 0.4) is 0 Å². The maximum Gasteiger partial charge on any atom is 0.205 e. The van der Waals surface area contributed by atoms with Gasteiger partial charge in [-0.15, -0.1) is 0 Å². The molecule has 0 unspecified atom stereocenters. The first-order chi connectivity index (χ1) is 15.6. The van der Waals surface area contributed by atoms with E-state index in [1.54, 1.807) is 36.3 Å². The second-order valence-electron chi connectivity index (χ2n) is 7.05. The molecule has 2 aromatic heterocycles. The molecule has 0 N–H and O–H groups in total. The zero-order chi connectivity index (χ0) is 22.5. The first-order valence-corrected chi connectivity index (χ1v) is 11.0. The summed E-state index contributed by atoms with van der Waals surface area (Å²) in [6, 6.07) is 15.5. The van der Waals surface area contributed by atoms with Gasteiger partial charge in [0.1, 0.15) is 29.3 Å². The van der Waals surface area contributed by atoms with E-state index in [4.69, 9.17) is 9.47 Å². The van der Waals surface area contributed by atoms with Crippen LogP contribution in [-0.2, 0) is 13.2 Å². The number of fused-ring (bicyclic) bond motifs is 1. The number of carbonyl (C=O) groups is 1. The van der Waals surface area contributed by atoms with Gasteiger partial charge in [-0.1, -0.05) is 30.3 Å². The highest BCUT2D eigenvalue weighted by Gasteiger charge is 2.14. The summed E-state index contributed by atoms with van der Waals surface area (Å²) in [4.78, 5) is 17.1. The van der Waals surface area contributed by atoms with Gasteiger partial charge in [-0.2, -0.15) is 5.10 Å². The normalized spacial score (nSPS) is 11.2. The first kappa shape index (κ1) is 21.8. The Hall–Kier alpha value is -3.45. The lowest BCUT2D eigenvalue weighted by molar-refractivity contribution is 0.103. The van der Waals surface area contributed by atoms with Crippen LogP contribution in [0.4, 0.5) is 0 Å². The number of rotatable bonds is 8. The molecule has 0 bridgehead atoms. The van der Waals surface area contributed by atoms with E-state index in [9.17, 15) is 4.79 Å². The van der Waals surface area contributed by atoms with Crippen molar-refractivity contribution in [2.24, 2.45) is 0 Å². The zero-order valence-corrected chi connectivity index (χ0v) is 19.4. The fraction of sp³-hybridized carbons (Fsp3) is 0.160. The molecule has 0 spiro atoms. The average Bonchev–Trinajstić information content (AvgIpc) is 3.21. The maximum absolute atomic E-state index is 12.7. The van der Waals surface area contributed by atoms with Crippen LogP contribution in [0.25, 0.3) is 17.0 Å². The van der Waals surface area contributed by atoms with Crippen LogP contribution in [0.15, 0.2) is 71.5 Å². The van der Waals surface area contributed by atoms with Crippen molar-refractivity contribution in [2.75, 3.05) is 7.11 Å². The third kappa shape index (κ3) is 4.57. The van der Waals surface area contributed by atoms with E-state index >= 15 is 0 Å². The number of methoxy groups -OCH3 is 1. The van der Waals surface area contributed by atoms with Gasteiger partial charge < -0.3 is 9.47 Å². The van der Waals surface area contributed by atoms with Crippen molar-refractivity contribution in [3.8, 4) is 11.5 Å². The molecule has 0 fully saturated rings. The number of para-hydroxylation sites is 1. The molecule has 0 saturated heterocycles. The molecule has 2 aromatic carbocycles. The molecule has 0 aliphatic carbocycles. The van der Waals surface area contributed by atoms with Crippen molar-refractivity contribution in [1.82, 2.24) is 14.8 Å². The molecule has 0 aliphatic rings. The summed E-state index contributed by atoms with van der Waals surface area (Å²) < 4.78 is 13.9. The second-order valence-corrected chi connectivity index (χ2v) is 7.90. The van der Waals surface area contributed by atoms with Crippen molar-refractivity contribution >= 4 is 38.7 Å². The van der Waals surface area contributed by atoms with Gasteiger partial charge in [0.2, 0.25) is 5.78 Å². The number of ether oxygens (including phenoxy) is 2. The quantitative estimate of drug-likeness (QED) is 0.233. The molecule has 32 heavy (non-hydrogen) atoms. The summed E-state index contributed by atoms with van der Waals surface area (Å²) in [7, 11) is 1.63. The van der Waals surface area contributed by atoms with Crippen LogP contribution < -0.4 is 9.47 Å². The lowest BCUT2D eigenvalue weighted by Gasteiger charge is -2.12. The van der Waals surface area contributed by atoms with Crippen LogP contribution in [0.5, 0.6) is 11.5 Å². The Bertz CT molecular complexity index is 1290. The predicted molar refractivity (Wildman–Crippen MR) is 128 cm³/mol. The largest absolute Gasteiger partial charge is 0.496 e. The summed E-state index contributed by atoms with van der Waals surface area (Å²) in [5.74, 6) is 1.30. The Kier molecular flexibility index (Phi) is 6.66. The van der Waals surface area contributed by atoms with Crippen molar-refractivity contribution in [2.45, 2.75) is 20.1 Å². The molecule has 162 valence electrons. The number of hydrogen-bond acceptors (Lipinski definition) is 5. The number of nitrogens with zero attached hydrogens (tertiary/aromatic N) is 3. The van der Waals surface area contributed by atoms with E-state index in [2.05, 4.69) is 26.0 Å². The molecule has 0 amide bonds. The number of allylic oxidation sites excluding steroid dienone is 1. The van der Waals surface area contributed by atoms with Crippen molar-refractivity contribution < 1.29 is 14.3 Å². The van der Waals surface area contributed by atoms with E-state index in [0.29, 0.717) is 34.8 Å². The van der Waals surface area contributed by atoms with Crippen molar-refractivity contribution in [3.05, 3.63) is 88.3 Å². The van der Waals surface area contributed by atoms with Crippen LogP contribution in [0.2, 0.25) is 0 Å². The number of benzene rings is 2. The molecule has 0 radical (unpaired) electrons. The highest BCUT2D eigenvalue weighted by atomic mass is 79.9. The van der Waals surface area contributed by atoms with E-state index in [-0.39, 0.29) is 5.78 Å². The lowest BCUT2D eigenvalue weighted by Crippen LogP contribution is -2.07. The van der Waals surface area contributed by atoms with E-state index in [1.807, 2.05) is 55.5 Å². The average molecular weight is 492 g/mol. The number of aryl methyl sites for hydroxylation is 1. The zero-order valence-electron chi connectivity index (χ0n) is 17.8. The summed E-state index contributed by atoms with van der Waals surface area (Å²) >= 11 is 3.40. The van der Waals surface area contributed by atoms with E-state index in [0.717, 1.165) is 22.0 Å². The molecule has 4 aromatic rings. The minimum absolute atomic E-state index is 0.119. The number of hydrogen-bond donors (Lipinski definition) is 0. The fourth-order valence-electron chi connectivity index (χ4n) is 3.46. The smallest absolute Gasteiger partial charge is 0.205 e. The Morgan fingerprint density at radius 2 is 2.00 bits per heavy atom. The predicted octanol–water partition coefficient (Wildman–Crippen LogP) is 5.70. The number of ketones is 1. The Morgan fingerprint density at radius 1 is 1.16 bits per heavy atom. The lowest BCUT2D eigenvalue weighted by atomic mass is 10.1. The minimum Gasteiger partial charge on any atom is -0.496 e. The van der Waals surface area contributed by atoms with Gasteiger partial charge in [0, 0.05) is 23.7 Å². The summed E-state index contributed by atoms with van der Waals surface area (Å²) in [6.45, 7) is 2.87. The van der Waals surface area contributed by atoms with Crippen LogP contribution >= 0.6 is 15.9 Å². The standard InChI is InChI=1S/C25H22BrN3O3/c1-3-29-25(20(26)15-28-29)21(30)11-9-17-10-12-22(31-2)19(14-17)16-32-23-8-4-6-18-7-5-13-27-24(18)23/h4-15H,3,16H2,1-2H3/b11-9+. The molecule has 0 aliphatic heterocycles. The highest BCUT2D eigenvalue weighted by molar-refractivity contribution is 9.10. The van der Waals surface area contributed by atoms with Crippen LogP contribution in [-0.4, -0.2) is 27.7 Å². The van der Waals surface area contributed by atoms with Crippen molar-refractivity contribution in [3.63, 3.8) is 0 Å². The molecule has 4 rings (SSSR count). The third-order valence-corrected chi connectivity index (χ3v) is 5.62. The monoisotopic (exact) mass is 491 g/mol. The SMILES string of the molecule is CCn1ncc(Br)c1C(=O)/C=C/c1ccc(OC)c(COc2cccc3cccnc23)c1. The fourth-order valence-corrected chi connectivity index (χ4v) is 3.95. The molecule has 7 heteroatoms. The van der Waals surface area contributed by atoms with Gasteiger partial charge in [0.15, 0.2) is 0 Å². The number of carbonyl (C=O) groups excluding carboxylic acids is 1. The maximum atomic E-state index is 12.7. The topological polar surface area (TPSA) is 66.2 Å². The van der Waals surface area contributed by atoms with Gasteiger partial charge in [-0.05, 0) is 58.8 Å². The second kappa shape index (κ2) is 9.78. The first-order valence-electron chi connectivity index (χ1n) is 10.2. The van der Waals surface area contributed by atoms with E-state index in [1.165, 1.54) is 0 Å². The van der Waals surface area contributed by atoms with Gasteiger partial charge in [-0.25, -0.2) is 0 Å². The Morgan fingerprint density at radius 3 is 2.81 bits per heavy atom. The minimum atomic E-state index is -0.119. The van der Waals surface area contributed by atoms with Crippen molar-refractivity contribution in [1.29, 1.82) is 0 Å². The van der Waals surface area contributed by atoms with Gasteiger partial charge in [-0.3, -0.25) is 14.5 Å². The van der Waals surface area contributed by atoms with Crippen LogP contribution in [0.1, 0.15) is 28.5 Å².